The lowest BCUT2D eigenvalue weighted by molar-refractivity contribution is -0.141. The number of nitrogen functional groups attached to an aromatic ring is 1. The van der Waals surface area contributed by atoms with Gasteiger partial charge in [-0.2, -0.15) is 4.98 Å². The lowest BCUT2D eigenvalue weighted by Crippen LogP contribution is -2.30. The summed E-state index contributed by atoms with van der Waals surface area (Å²) in [6.45, 7) is 3.47. The summed E-state index contributed by atoms with van der Waals surface area (Å²) in [6.07, 6.45) is -0.127. The second-order valence-corrected chi connectivity index (χ2v) is 6.98. The van der Waals surface area contributed by atoms with E-state index in [0.29, 0.717) is 0 Å². The van der Waals surface area contributed by atoms with Crippen molar-refractivity contribution in [2.75, 3.05) is 31.9 Å². The molecule has 0 bridgehead atoms. The molecule has 1 atom stereocenters. The van der Waals surface area contributed by atoms with Gasteiger partial charge < -0.3 is 29.5 Å². The van der Waals surface area contributed by atoms with E-state index < -0.39 is 19.4 Å². The van der Waals surface area contributed by atoms with Crippen LogP contribution >= 0.6 is 7.60 Å². The molecule has 4 N–H and O–H groups in total. The normalized spacial score (nSPS) is 13.2. The number of aromatic nitrogens is 4. The van der Waals surface area contributed by atoms with Crippen LogP contribution in [0.2, 0.25) is 0 Å². The van der Waals surface area contributed by atoms with Crippen molar-refractivity contribution in [2.45, 2.75) is 26.6 Å². The third kappa shape index (κ3) is 5.02. The Balaban J connectivity index is 2.15. The summed E-state index contributed by atoms with van der Waals surface area (Å²) in [5.41, 5.74) is 5.10. The second-order valence-electron chi connectivity index (χ2n) is 4.98. The third-order valence-electron chi connectivity index (χ3n) is 3.06. The molecule has 0 saturated heterocycles. The SMILES string of the molecule is CCOP(=O)(COC(CCO)On1cnc2c(=O)[nH]c(N)nc21)OCC. The summed E-state index contributed by atoms with van der Waals surface area (Å²) >= 11 is 0. The fourth-order valence-corrected chi connectivity index (χ4v) is 3.42. The van der Waals surface area contributed by atoms with Crippen molar-refractivity contribution in [1.82, 2.24) is 19.7 Å². The van der Waals surface area contributed by atoms with Gasteiger partial charge in [0.15, 0.2) is 11.9 Å². The molecule has 13 heteroatoms. The average Bonchev–Trinajstić information content (AvgIpc) is 2.96. The maximum absolute atomic E-state index is 12.4. The van der Waals surface area contributed by atoms with E-state index in [9.17, 15) is 14.5 Å². The Morgan fingerprint density at radius 1 is 1.38 bits per heavy atom. The lowest BCUT2D eigenvalue weighted by atomic mass is 10.4. The van der Waals surface area contributed by atoms with E-state index in [4.69, 9.17) is 24.4 Å². The number of hydrogen-bond donors (Lipinski definition) is 3. The first-order valence-electron chi connectivity index (χ1n) is 7.93. The minimum absolute atomic E-state index is 0.0243. The number of H-pyrrole nitrogens is 1. The Hall–Kier alpha value is -1.98. The number of nitrogens with one attached hydrogen (secondary N) is 1. The predicted octanol–water partition coefficient (Wildman–Crippen LogP) is 0.0791. The Morgan fingerprint density at radius 3 is 2.69 bits per heavy atom. The van der Waals surface area contributed by atoms with E-state index in [-0.39, 0.29) is 49.7 Å². The van der Waals surface area contributed by atoms with Gasteiger partial charge in [0.1, 0.15) is 6.33 Å². The molecule has 2 aromatic heterocycles. The first kappa shape index (κ1) is 20.3. The third-order valence-corrected chi connectivity index (χ3v) is 4.83. The number of hydrogen-bond acceptors (Lipinski definition) is 10. The molecule has 0 aliphatic heterocycles. The number of imidazole rings is 1. The minimum atomic E-state index is -3.45. The van der Waals surface area contributed by atoms with Crippen LogP contribution in [0.25, 0.3) is 11.2 Å². The second kappa shape index (κ2) is 9.10. The van der Waals surface area contributed by atoms with Crippen molar-refractivity contribution in [3.63, 3.8) is 0 Å². The molecule has 2 rings (SSSR count). The molecule has 2 heterocycles. The molecular weight excluding hydrogens is 369 g/mol. The van der Waals surface area contributed by atoms with Gasteiger partial charge in [-0.15, -0.1) is 4.73 Å². The van der Waals surface area contributed by atoms with Gasteiger partial charge in [-0.3, -0.25) is 14.3 Å². The number of aliphatic hydroxyl groups is 1. The lowest BCUT2D eigenvalue weighted by Gasteiger charge is -2.22. The topological polar surface area (TPSA) is 164 Å². The molecule has 2 aromatic rings. The van der Waals surface area contributed by atoms with Crippen LogP contribution < -0.4 is 16.1 Å². The van der Waals surface area contributed by atoms with Crippen molar-refractivity contribution in [3.8, 4) is 0 Å². The average molecular weight is 391 g/mol. The highest BCUT2D eigenvalue weighted by Crippen LogP contribution is 2.48. The zero-order valence-corrected chi connectivity index (χ0v) is 15.3. The fraction of sp³-hybridized carbons (Fsp3) is 0.615. The zero-order valence-electron chi connectivity index (χ0n) is 14.5. The molecule has 12 nitrogen and oxygen atoms in total. The van der Waals surface area contributed by atoms with E-state index in [1.807, 2.05) is 0 Å². The van der Waals surface area contributed by atoms with Gasteiger partial charge in [-0.25, -0.2) is 4.98 Å². The predicted molar refractivity (Wildman–Crippen MR) is 91.4 cm³/mol. The van der Waals surface area contributed by atoms with E-state index in [1.54, 1.807) is 13.8 Å². The van der Waals surface area contributed by atoms with Crippen molar-refractivity contribution in [1.29, 1.82) is 0 Å². The van der Waals surface area contributed by atoms with Gasteiger partial charge in [-0.05, 0) is 13.8 Å². The molecule has 0 spiro atoms. The van der Waals surface area contributed by atoms with Crippen molar-refractivity contribution in [3.05, 3.63) is 16.7 Å². The highest BCUT2D eigenvalue weighted by Gasteiger charge is 2.27. The van der Waals surface area contributed by atoms with Crippen LogP contribution in [0, 0.1) is 0 Å². The van der Waals surface area contributed by atoms with Crippen LogP contribution in [-0.4, -0.2) is 57.2 Å². The first-order chi connectivity index (χ1) is 12.4. The molecule has 26 heavy (non-hydrogen) atoms. The molecule has 1 unspecified atom stereocenters. The minimum Gasteiger partial charge on any atom is -0.396 e. The number of ether oxygens (including phenoxy) is 1. The van der Waals surface area contributed by atoms with Crippen LogP contribution in [0.3, 0.4) is 0 Å². The molecule has 146 valence electrons. The van der Waals surface area contributed by atoms with Crippen molar-refractivity contribution >= 4 is 24.7 Å². The summed E-state index contributed by atoms with van der Waals surface area (Å²) in [5, 5.41) is 9.20. The van der Waals surface area contributed by atoms with Gasteiger partial charge in [0.05, 0.1) is 13.2 Å². The summed E-state index contributed by atoms with van der Waals surface area (Å²) in [5.74, 6) is -0.107. The number of aromatic amines is 1. The Labute approximate surface area is 148 Å². The Morgan fingerprint density at radius 2 is 2.08 bits per heavy atom. The maximum atomic E-state index is 12.4. The summed E-state index contributed by atoms with van der Waals surface area (Å²) in [4.78, 5) is 27.5. The first-order valence-corrected chi connectivity index (χ1v) is 9.65. The smallest absolute Gasteiger partial charge is 0.356 e. The molecule has 0 aromatic carbocycles. The van der Waals surface area contributed by atoms with Crippen LogP contribution in [0.15, 0.2) is 11.1 Å². The molecular formula is C13H22N5O7P. The van der Waals surface area contributed by atoms with Crippen molar-refractivity contribution in [2.24, 2.45) is 0 Å². The van der Waals surface area contributed by atoms with Crippen molar-refractivity contribution < 1.29 is 28.3 Å². The van der Waals surface area contributed by atoms with Gasteiger partial charge in [-0.1, -0.05) is 0 Å². The number of nitrogens with two attached hydrogens (primary N) is 1. The molecule has 0 aliphatic rings. The van der Waals surface area contributed by atoms with E-state index >= 15 is 0 Å². The van der Waals surface area contributed by atoms with Crippen LogP contribution in [0.4, 0.5) is 5.95 Å². The van der Waals surface area contributed by atoms with Crippen LogP contribution in [0.1, 0.15) is 20.3 Å². The zero-order chi connectivity index (χ0) is 19.2. The molecule has 0 fully saturated rings. The number of rotatable bonds is 11. The highest BCUT2D eigenvalue weighted by atomic mass is 31.2. The maximum Gasteiger partial charge on any atom is 0.356 e. The monoisotopic (exact) mass is 391 g/mol. The Kier molecular flexibility index (Phi) is 7.12. The van der Waals surface area contributed by atoms with E-state index in [0.717, 1.165) is 4.73 Å². The standard InChI is InChI=1S/C13H22N5O7P/c1-3-23-26(21,24-4-2)8-22-9(5-6-19)25-18-7-15-10-11(18)16-13(14)17-12(10)20/h7,9,19H,3-6,8H2,1-2H3,(H3,14,16,17,20). The van der Waals surface area contributed by atoms with E-state index in [1.165, 1.54) is 6.33 Å². The summed E-state index contributed by atoms with van der Waals surface area (Å²) in [6, 6.07) is 0. The number of nitrogens with zero attached hydrogens (tertiary/aromatic N) is 3. The van der Waals surface area contributed by atoms with Crippen LogP contribution in [0.5, 0.6) is 0 Å². The molecule has 0 radical (unpaired) electrons. The fourth-order valence-electron chi connectivity index (χ4n) is 2.06. The van der Waals surface area contributed by atoms with Crippen LogP contribution in [-0.2, 0) is 18.3 Å². The summed E-state index contributed by atoms with van der Waals surface area (Å²) < 4.78 is 29.2. The number of anilines is 1. The number of fused-ring (bicyclic) bond motifs is 1. The highest BCUT2D eigenvalue weighted by molar-refractivity contribution is 7.53. The summed E-state index contributed by atoms with van der Waals surface area (Å²) in [7, 11) is -3.45. The van der Waals surface area contributed by atoms with E-state index in [2.05, 4.69) is 15.0 Å². The van der Waals surface area contributed by atoms with Gasteiger partial charge in [0, 0.05) is 13.0 Å². The number of aliphatic hydroxyl groups excluding tert-OH is 1. The molecule has 0 amide bonds. The molecule has 0 aliphatic carbocycles. The largest absolute Gasteiger partial charge is 0.396 e. The molecule has 0 saturated carbocycles. The Bertz CT molecular complexity index is 813. The van der Waals surface area contributed by atoms with Gasteiger partial charge >= 0.3 is 7.60 Å². The quantitative estimate of drug-likeness (QED) is 0.353. The van der Waals surface area contributed by atoms with Gasteiger partial charge in [0.25, 0.3) is 5.56 Å². The van der Waals surface area contributed by atoms with Gasteiger partial charge in [0.2, 0.25) is 17.9 Å².